The molecule has 0 bridgehead atoms. The number of rotatable bonds is 4. The lowest BCUT2D eigenvalue weighted by Crippen LogP contribution is -2.22. The first-order valence-electron chi connectivity index (χ1n) is 8.78. The van der Waals surface area contributed by atoms with E-state index in [9.17, 15) is 14.4 Å². The van der Waals surface area contributed by atoms with Crippen molar-refractivity contribution >= 4 is 39.4 Å². The zero-order valence-electron chi connectivity index (χ0n) is 16.0. The molecule has 0 saturated carbocycles. The fourth-order valence-electron chi connectivity index (χ4n) is 3.00. The number of benzene rings is 2. The summed E-state index contributed by atoms with van der Waals surface area (Å²) in [5, 5.41) is 0. The van der Waals surface area contributed by atoms with Crippen molar-refractivity contribution in [1.29, 1.82) is 0 Å². The SMILES string of the molecule is COC(=O)Cn1c(=NC(=O)c2ccccc2C(=O)OC)sc2cc3c(cc21)OCO3. The number of thiazole rings is 1. The maximum Gasteiger partial charge on any atom is 0.338 e. The number of fused-ring (bicyclic) bond motifs is 2. The van der Waals surface area contributed by atoms with E-state index in [0.29, 0.717) is 17.0 Å². The summed E-state index contributed by atoms with van der Waals surface area (Å²) in [6, 6.07) is 9.72. The second kappa shape index (κ2) is 7.99. The van der Waals surface area contributed by atoms with Gasteiger partial charge in [-0.2, -0.15) is 4.99 Å². The lowest BCUT2D eigenvalue weighted by molar-refractivity contribution is -0.141. The summed E-state index contributed by atoms with van der Waals surface area (Å²) in [4.78, 5) is 41.3. The summed E-state index contributed by atoms with van der Waals surface area (Å²) in [5.74, 6) is -0.674. The number of methoxy groups -OCH3 is 2. The van der Waals surface area contributed by atoms with Gasteiger partial charge in [0, 0.05) is 12.1 Å². The monoisotopic (exact) mass is 428 g/mol. The first-order chi connectivity index (χ1) is 14.5. The highest BCUT2D eigenvalue weighted by Crippen LogP contribution is 2.37. The Hall–Kier alpha value is -3.66. The lowest BCUT2D eigenvalue weighted by atomic mass is 10.1. The Kier molecular flexibility index (Phi) is 5.23. The van der Waals surface area contributed by atoms with Crippen molar-refractivity contribution in [3.8, 4) is 11.5 Å². The number of esters is 2. The minimum absolute atomic E-state index is 0.0978. The number of nitrogens with zero attached hydrogens (tertiary/aromatic N) is 2. The molecule has 0 radical (unpaired) electrons. The zero-order valence-corrected chi connectivity index (χ0v) is 16.9. The topological polar surface area (TPSA) is 105 Å². The molecule has 1 amide bonds. The fraction of sp³-hybridized carbons (Fsp3) is 0.200. The van der Waals surface area contributed by atoms with Gasteiger partial charge in [-0.25, -0.2) is 4.79 Å². The van der Waals surface area contributed by atoms with Gasteiger partial charge in [0.2, 0.25) is 6.79 Å². The normalized spacial score (nSPS) is 12.8. The molecule has 30 heavy (non-hydrogen) atoms. The molecule has 0 fully saturated rings. The van der Waals surface area contributed by atoms with Gasteiger partial charge in [0.05, 0.1) is 35.6 Å². The molecule has 1 aliphatic rings. The van der Waals surface area contributed by atoms with Crippen LogP contribution in [0.4, 0.5) is 0 Å². The number of carbonyl (C=O) groups is 3. The summed E-state index contributed by atoms with van der Waals surface area (Å²) in [5.41, 5.74) is 0.846. The van der Waals surface area contributed by atoms with Gasteiger partial charge in [0.1, 0.15) is 6.54 Å². The standard InChI is InChI=1S/C20H16N2O7S/c1-26-17(23)9-22-13-7-14-15(29-10-28-14)8-16(13)30-20(22)21-18(24)11-5-3-4-6-12(11)19(25)27-2/h3-8H,9-10H2,1-2H3. The van der Waals surface area contributed by atoms with Crippen LogP contribution < -0.4 is 14.3 Å². The Morgan fingerprint density at radius 1 is 1.07 bits per heavy atom. The van der Waals surface area contributed by atoms with E-state index >= 15 is 0 Å². The van der Waals surface area contributed by atoms with E-state index in [1.807, 2.05) is 0 Å². The van der Waals surface area contributed by atoms with E-state index in [0.717, 1.165) is 4.70 Å². The van der Waals surface area contributed by atoms with Crippen LogP contribution in [-0.4, -0.2) is 43.4 Å². The molecule has 0 aliphatic carbocycles. The van der Waals surface area contributed by atoms with Crippen LogP contribution in [0, 0.1) is 0 Å². The molecule has 0 N–H and O–H groups in total. The Bertz CT molecular complexity index is 1240. The van der Waals surface area contributed by atoms with Gasteiger partial charge < -0.3 is 23.5 Å². The third-order valence-electron chi connectivity index (χ3n) is 4.45. The van der Waals surface area contributed by atoms with Crippen molar-refractivity contribution in [2.75, 3.05) is 21.0 Å². The second-order valence-electron chi connectivity index (χ2n) is 6.17. The molecule has 154 valence electrons. The quantitative estimate of drug-likeness (QED) is 0.586. The van der Waals surface area contributed by atoms with Crippen molar-refractivity contribution < 1.29 is 33.3 Å². The van der Waals surface area contributed by atoms with Crippen molar-refractivity contribution in [2.24, 2.45) is 4.99 Å². The van der Waals surface area contributed by atoms with Crippen LogP contribution in [0.3, 0.4) is 0 Å². The Morgan fingerprint density at radius 3 is 2.47 bits per heavy atom. The zero-order chi connectivity index (χ0) is 21.3. The van der Waals surface area contributed by atoms with Gasteiger partial charge >= 0.3 is 11.9 Å². The number of hydrogen-bond donors (Lipinski definition) is 0. The summed E-state index contributed by atoms with van der Waals surface area (Å²) in [6.07, 6.45) is 0. The molecule has 1 aliphatic heterocycles. The molecule has 9 nitrogen and oxygen atoms in total. The molecule has 0 atom stereocenters. The Labute approximate surface area is 174 Å². The van der Waals surface area contributed by atoms with Crippen LogP contribution in [0.1, 0.15) is 20.7 Å². The molecule has 2 heterocycles. The van der Waals surface area contributed by atoms with E-state index in [1.54, 1.807) is 28.8 Å². The number of hydrogen-bond acceptors (Lipinski definition) is 8. The first-order valence-corrected chi connectivity index (χ1v) is 9.59. The molecule has 3 aromatic rings. The van der Waals surface area contributed by atoms with Crippen LogP contribution >= 0.6 is 11.3 Å². The third kappa shape index (κ3) is 3.52. The van der Waals surface area contributed by atoms with Gasteiger partial charge in [-0.05, 0) is 12.1 Å². The van der Waals surface area contributed by atoms with E-state index in [4.69, 9.17) is 18.9 Å². The van der Waals surface area contributed by atoms with E-state index < -0.39 is 17.8 Å². The maximum atomic E-state index is 12.9. The Morgan fingerprint density at radius 2 is 1.77 bits per heavy atom. The minimum atomic E-state index is -0.640. The van der Waals surface area contributed by atoms with Gasteiger partial charge in [0.15, 0.2) is 16.3 Å². The molecule has 4 rings (SSSR count). The predicted molar refractivity (Wildman–Crippen MR) is 106 cm³/mol. The average molecular weight is 428 g/mol. The predicted octanol–water partition coefficient (Wildman–Crippen LogP) is 2.13. The highest BCUT2D eigenvalue weighted by atomic mass is 32.1. The third-order valence-corrected chi connectivity index (χ3v) is 5.49. The van der Waals surface area contributed by atoms with Crippen molar-refractivity contribution in [2.45, 2.75) is 6.54 Å². The average Bonchev–Trinajstić information content (AvgIpc) is 3.35. The van der Waals surface area contributed by atoms with Crippen LogP contribution in [0.15, 0.2) is 41.4 Å². The summed E-state index contributed by atoms with van der Waals surface area (Å²) in [6.45, 7) is -0.0372. The molecular weight excluding hydrogens is 412 g/mol. The summed E-state index contributed by atoms with van der Waals surface area (Å²) in [7, 11) is 2.51. The van der Waals surface area contributed by atoms with Crippen LogP contribution in [-0.2, 0) is 20.8 Å². The number of ether oxygens (including phenoxy) is 4. The molecular formula is C20H16N2O7S. The summed E-state index contributed by atoms with van der Waals surface area (Å²) >= 11 is 1.20. The van der Waals surface area contributed by atoms with Crippen molar-refractivity contribution in [3.63, 3.8) is 0 Å². The van der Waals surface area contributed by atoms with Crippen molar-refractivity contribution in [1.82, 2.24) is 4.57 Å². The fourth-order valence-corrected chi connectivity index (χ4v) is 4.03. The van der Waals surface area contributed by atoms with Crippen molar-refractivity contribution in [3.05, 3.63) is 52.3 Å². The minimum Gasteiger partial charge on any atom is -0.468 e. The smallest absolute Gasteiger partial charge is 0.338 e. The number of carbonyl (C=O) groups excluding carboxylic acids is 3. The molecule has 10 heteroatoms. The largest absolute Gasteiger partial charge is 0.468 e. The van der Waals surface area contributed by atoms with Gasteiger partial charge in [-0.15, -0.1) is 0 Å². The van der Waals surface area contributed by atoms with Gasteiger partial charge in [-0.3, -0.25) is 9.59 Å². The van der Waals surface area contributed by atoms with E-state index in [-0.39, 0.29) is 29.3 Å². The van der Waals surface area contributed by atoms with Crippen LogP contribution in [0.2, 0.25) is 0 Å². The lowest BCUT2D eigenvalue weighted by Gasteiger charge is -2.05. The van der Waals surface area contributed by atoms with E-state index in [1.165, 1.54) is 37.7 Å². The van der Waals surface area contributed by atoms with E-state index in [2.05, 4.69) is 4.99 Å². The van der Waals surface area contributed by atoms with Crippen LogP contribution in [0.25, 0.3) is 10.2 Å². The maximum absolute atomic E-state index is 12.9. The summed E-state index contributed by atoms with van der Waals surface area (Å²) < 4.78 is 22.6. The van der Waals surface area contributed by atoms with Gasteiger partial charge in [0.25, 0.3) is 5.91 Å². The second-order valence-corrected chi connectivity index (χ2v) is 7.18. The molecule has 0 spiro atoms. The molecule has 1 aromatic heterocycles. The van der Waals surface area contributed by atoms with Crippen LogP contribution in [0.5, 0.6) is 11.5 Å². The Balaban J connectivity index is 1.86. The van der Waals surface area contributed by atoms with Gasteiger partial charge in [-0.1, -0.05) is 23.5 Å². The first kappa shape index (κ1) is 19.6. The highest BCUT2D eigenvalue weighted by molar-refractivity contribution is 7.16. The molecule has 0 saturated heterocycles. The number of aromatic nitrogens is 1. The number of amides is 1. The highest BCUT2D eigenvalue weighted by Gasteiger charge is 2.21. The molecule has 0 unspecified atom stereocenters. The molecule has 2 aromatic carbocycles.